The third-order valence-corrected chi connectivity index (χ3v) is 1.84. The zero-order chi connectivity index (χ0) is 9.14. The summed E-state index contributed by atoms with van der Waals surface area (Å²) < 4.78 is 4.91. The van der Waals surface area contributed by atoms with E-state index in [0.29, 0.717) is 12.8 Å². The van der Waals surface area contributed by atoms with Crippen LogP contribution >= 0.6 is 0 Å². The monoisotopic (exact) mass is 174 g/mol. The predicted octanol–water partition coefficient (Wildman–Crippen LogP) is -0.176. The molecule has 1 aliphatic rings. The van der Waals surface area contributed by atoms with Gasteiger partial charge in [-0.15, -0.1) is 0 Å². The van der Waals surface area contributed by atoms with Gasteiger partial charge in [-0.2, -0.15) is 0 Å². The second-order valence-electron chi connectivity index (χ2n) is 3.29. The minimum Gasteiger partial charge on any atom is -0.462 e. The molecule has 4 nitrogen and oxygen atoms in total. The topological polar surface area (TPSA) is 66.8 Å². The summed E-state index contributed by atoms with van der Waals surface area (Å²) in [5.74, 6) is -0.376. The number of carbonyl (C=O) groups is 1. The smallest absolute Gasteiger partial charge is 0.308 e. The summed E-state index contributed by atoms with van der Waals surface area (Å²) in [5.41, 5.74) is 0. The van der Waals surface area contributed by atoms with Gasteiger partial charge < -0.3 is 14.9 Å². The molecule has 1 heterocycles. The van der Waals surface area contributed by atoms with Gasteiger partial charge in [0, 0.05) is 12.8 Å². The Bertz CT molecular complexity index is 164. The number of esters is 1. The summed E-state index contributed by atoms with van der Waals surface area (Å²) in [4.78, 5) is 10.8. The standard InChI is InChI=1S/C8H14O4/c1-5(9)2-7-3-6(10)4-8(11)12-7/h5-7,9-10H,2-4H2,1H3/t5-,6-,7+/m0/s1. The molecule has 12 heavy (non-hydrogen) atoms. The van der Waals surface area contributed by atoms with Gasteiger partial charge in [-0.1, -0.05) is 0 Å². The van der Waals surface area contributed by atoms with Crippen molar-refractivity contribution in [3.8, 4) is 0 Å². The Labute approximate surface area is 71.2 Å². The molecule has 0 amide bonds. The Morgan fingerprint density at radius 3 is 2.92 bits per heavy atom. The van der Waals surface area contributed by atoms with E-state index in [2.05, 4.69) is 0 Å². The fraction of sp³-hybridized carbons (Fsp3) is 0.875. The van der Waals surface area contributed by atoms with E-state index in [1.807, 2.05) is 0 Å². The van der Waals surface area contributed by atoms with Crippen molar-refractivity contribution in [2.24, 2.45) is 0 Å². The van der Waals surface area contributed by atoms with Gasteiger partial charge in [-0.05, 0) is 6.92 Å². The number of carbonyl (C=O) groups excluding carboxylic acids is 1. The van der Waals surface area contributed by atoms with Crippen molar-refractivity contribution in [2.75, 3.05) is 0 Å². The van der Waals surface area contributed by atoms with Gasteiger partial charge in [0.05, 0.1) is 18.6 Å². The maximum atomic E-state index is 10.8. The molecule has 0 aromatic rings. The highest BCUT2D eigenvalue weighted by atomic mass is 16.5. The van der Waals surface area contributed by atoms with Crippen LogP contribution in [0.1, 0.15) is 26.2 Å². The first-order valence-corrected chi connectivity index (χ1v) is 4.13. The average molecular weight is 174 g/mol. The van der Waals surface area contributed by atoms with Crippen LogP contribution in [0.3, 0.4) is 0 Å². The normalized spacial score (nSPS) is 32.8. The minimum absolute atomic E-state index is 0.0797. The van der Waals surface area contributed by atoms with E-state index in [4.69, 9.17) is 9.84 Å². The number of rotatable bonds is 2. The highest BCUT2D eigenvalue weighted by Crippen LogP contribution is 2.18. The molecule has 1 aliphatic heterocycles. The van der Waals surface area contributed by atoms with Crippen LogP contribution in [0.5, 0.6) is 0 Å². The molecule has 2 N–H and O–H groups in total. The first-order chi connectivity index (χ1) is 5.58. The first-order valence-electron chi connectivity index (χ1n) is 4.13. The Hall–Kier alpha value is -0.610. The van der Waals surface area contributed by atoms with Crippen molar-refractivity contribution in [3.63, 3.8) is 0 Å². The van der Waals surface area contributed by atoms with Gasteiger partial charge >= 0.3 is 5.97 Å². The van der Waals surface area contributed by atoms with Gasteiger partial charge in [0.2, 0.25) is 0 Å². The largest absolute Gasteiger partial charge is 0.462 e. The second-order valence-corrected chi connectivity index (χ2v) is 3.29. The molecule has 4 heteroatoms. The molecule has 1 saturated heterocycles. The molecule has 1 fully saturated rings. The zero-order valence-corrected chi connectivity index (χ0v) is 7.06. The number of cyclic esters (lactones) is 1. The van der Waals surface area contributed by atoms with E-state index in [1.54, 1.807) is 6.92 Å². The number of hydrogen-bond acceptors (Lipinski definition) is 4. The molecule has 3 atom stereocenters. The first kappa shape index (κ1) is 9.48. The summed E-state index contributed by atoms with van der Waals surface area (Å²) in [6, 6.07) is 0. The van der Waals surface area contributed by atoms with Crippen LogP contribution in [0.25, 0.3) is 0 Å². The van der Waals surface area contributed by atoms with Gasteiger partial charge in [-0.25, -0.2) is 0 Å². The number of aliphatic hydroxyl groups is 2. The molecular weight excluding hydrogens is 160 g/mol. The summed E-state index contributed by atoms with van der Waals surface area (Å²) in [7, 11) is 0. The Morgan fingerprint density at radius 2 is 2.42 bits per heavy atom. The lowest BCUT2D eigenvalue weighted by molar-refractivity contribution is -0.161. The molecule has 70 valence electrons. The van der Waals surface area contributed by atoms with Gasteiger partial charge in [0.1, 0.15) is 6.10 Å². The third-order valence-electron chi connectivity index (χ3n) is 1.84. The van der Waals surface area contributed by atoms with E-state index in [1.165, 1.54) is 0 Å². The van der Waals surface area contributed by atoms with Crippen LogP contribution in [-0.2, 0) is 9.53 Å². The molecule has 0 bridgehead atoms. The number of ether oxygens (including phenoxy) is 1. The van der Waals surface area contributed by atoms with Crippen LogP contribution in [0.4, 0.5) is 0 Å². The van der Waals surface area contributed by atoms with Crippen molar-refractivity contribution >= 4 is 5.97 Å². The molecule has 0 saturated carbocycles. The lowest BCUT2D eigenvalue weighted by Gasteiger charge is -2.26. The molecule has 1 rings (SSSR count). The summed E-state index contributed by atoms with van der Waals surface area (Å²) in [5, 5.41) is 18.2. The molecule has 0 aliphatic carbocycles. The van der Waals surface area contributed by atoms with Crippen molar-refractivity contribution in [2.45, 2.75) is 44.5 Å². The van der Waals surface area contributed by atoms with Crippen LogP contribution in [0, 0.1) is 0 Å². The highest BCUT2D eigenvalue weighted by Gasteiger charge is 2.27. The number of aliphatic hydroxyl groups excluding tert-OH is 2. The van der Waals surface area contributed by atoms with Crippen LogP contribution in [-0.4, -0.2) is 34.5 Å². The Morgan fingerprint density at radius 1 is 1.75 bits per heavy atom. The summed E-state index contributed by atoms with van der Waals surface area (Å²) in [6.07, 6.45) is -0.486. The van der Waals surface area contributed by atoms with E-state index < -0.39 is 12.2 Å². The van der Waals surface area contributed by atoms with E-state index in [9.17, 15) is 9.90 Å². The van der Waals surface area contributed by atoms with Gasteiger partial charge in [-0.3, -0.25) is 4.79 Å². The second kappa shape index (κ2) is 3.87. The van der Waals surface area contributed by atoms with Crippen LogP contribution in [0.15, 0.2) is 0 Å². The van der Waals surface area contributed by atoms with E-state index in [-0.39, 0.29) is 18.5 Å². The molecule has 0 aromatic heterocycles. The molecule has 0 aromatic carbocycles. The lowest BCUT2D eigenvalue weighted by atomic mass is 10.0. The molecule has 0 spiro atoms. The summed E-state index contributed by atoms with van der Waals surface area (Å²) >= 11 is 0. The highest BCUT2D eigenvalue weighted by molar-refractivity contribution is 5.70. The van der Waals surface area contributed by atoms with Gasteiger partial charge in [0.15, 0.2) is 0 Å². The maximum absolute atomic E-state index is 10.8. The maximum Gasteiger partial charge on any atom is 0.308 e. The zero-order valence-electron chi connectivity index (χ0n) is 7.06. The lowest BCUT2D eigenvalue weighted by Crippen LogP contribution is -2.34. The SMILES string of the molecule is C[C@H](O)C[C@@H]1C[C@H](O)CC(=O)O1. The Kier molecular flexibility index (Phi) is 3.05. The van der Waals surface area contributed by atoms with Gasteiger partial charge in [0.25, 0.3) is 0 Å². The van der Waals surface area contributed by atoms with E-state index >= 15 is 0 Å². The van der Waals surface area contributed by atoms with Crippen molar-refractivity contribution in [1.29, 1.82) is 0 Å². The molecular formula is C8H14O4. The van der Waals surface area contributed by atoms with Crippen molar-refractivity contribution in [3.05, 3.63) is 0 Å². The van der Waals surface area contributed by atoms with Crippen molar-refractivity contribution < 1.29 is 19.7 Å². The molecule has 0 unspecified atom stereocenters. The third kappa shape index (κ3) is 2.79. The average Bonchev–Trinajstić information content (AvgIpc) is 1.81. The van der Waals surface area contributed by atoms with Crippen LogP contribution < -0.4 is 0 Å². The molecule has 0 radical (unpaired) electrons. The number of hydrogen-bond donors (Lipinski definition) is 2. The quantitative estimate of drug-likeness (QED) is 0.570. The van der Waals surface area contributed by atoms with E-state index in [0.717, 1.165) is 0 Å². The van der Waals surface area contributed by atoms with Crippen LogP contribution in [0.2, 0.25) is 0 Å². The summed E-state index contributed by atoms with van der Waals surface area (Å²) in [6.45, 7) is 1.63. The fourth-order valence-corrected chi connectivity index (χ4v) is 1.39. The van der Waals surface area contributed by atoms with Crippen molar-refractivity contribution in [1.82, 2.24) is 0 Å². The predicted molar refractivity (Wildman–Crippen MR) is 41.4 cm³/mol. The fourth-order valence-electron chi connectivity index (χ4n) is 1.39. The minimum atomic E-state index is -0.602. The Balaban J connectivity index is 2.39.